The number of benzene rings is 1. The summed E-state index contributed by atoms with van der Waals surface area (Å²) in [7, 11) is 0. The summed E-state index contributed by atoms with van der Waals surface area (Å²) < 4.78 is 6.53. The normalized spacial score (nSPS) is 20.0. The fraction of sp³-hybridized carbons (Fsp3) is 0.393. The number of aliphatic hydroxyl groups excluding tert-OH is 1. The maximum atomic E-state index is 9.89. The molecule has 2 aliphatic rings. The zero-order chi connectivity index (χ0) is 26.6. The first-order chi connectivity index (χ1) is 19.1. The fourth-order valence-electron chi connectivity index (χ4n) is 5.02. The van der Waals surface area contributed by atoms with Crippen LogP contribution in [-0.2, 0) is 11.3 Å². The number of aliphatic hydroxyl groups is 1. The highest BCUT2D eigenvalue weighted by Crippen LogP contribution is 2.32. The molecule has 39 heavy (non-hydrogen) atoms. The van der Waals surface area contributed by atoms with Gasteiger partial charge in [-0.3, -0.25) is 9.88 Å². The minimum atomic E-state index is -0.208. The molecule has 0 spiro atoms. The van der Waals surface area contributed by atoms with E-state index in [2.05, 4.69) is 32.7 Å². The Bertz CT molecular complexity index is 1490. The molecular weight excluding hydrogens is 512 g/mol. The molecular formula is C28H30N8O2S. The van der Waals surface area contributed by atoms with Crippen molar-refractivity contribution >= 4 is 38.5 Å². The van der Waals surface area contributed by atoms with E-state index in [1.54, 1.807) is 23.7 Å². The summed E-state index contributed by atoms with van der Waals surface area (Å²) in [6, 6.07) is 12.3. The third-order valence-corrected chi connectivity index (χ3v) is 8.06. The minimum Gasteiger partial charge on any atom is -0.393 e. The van der Waals surface area contributed by atoms with Crippen molar-refractivity contribution in [1.29, 1.82) is 5.26 Å². The molecule has 1 aliphatic carbocycles. The number of ether oxygens (including phenoxy) is 1. The summed E-state index contributed by atoms with van der Waals surface area (Å²) in [6.07, 6.45) is 6.50. The SMILES string of the molecule is N#Cc1cncc(-c2ccc3nc(Nc4cc(CN5CCOCC5)nc(N[C@H]5CC[C@H](O)CC5)n4)sc3c2)c1. The standard InChI is InChI=1S/C28H30N8O2S/c29-14-18-11-20(16-30-15-18)19-1-6-24-25(12-19)39-28(33-24)35-26-13-22(17-36-7-9-38-10-8-36)32-27(34-26)31-21-2-4-23(37)5-3-21/h1,6,11-13,15-16,21,23,37H,2-5,7-10,17H2,(H2,31,32,33,34,35)/t21-,23-. The molecule has 1 aromatic carbocycles. The van der Waals surface area contributed by atoms with Gasteiger partial charge in [0.2, 0.25) is 5.95 Å². The summed E-state index contributed by atoms with van der Waals surface area (Å²) in [5.74, 6) is 1.29. The number of fused-ring (bicyclic) bond motifs is 1. The summed E-state index contributed by atoms with van der Waals surface area (Å²) in [6.45, 7) is 3.94. The van der Waals surface area contributed by atoms with Gasteiger partial charge in [-0.2, -0.15) is 10.2 Å². The Morgan fingerprint density at radius 2 is 1.87 bits per heavy atom. The molecule has 0 amide bonds. The van der Waals surface area contributed by atoms with E-state index < -0.39 is 0 Å². The second kappa shape index (κ2) is 11.6. The predicted octanol–water partition coefficient (Wildman–Crippen LogP) is 4.31. The van der Waals surface area contributed by atoms with Crippen molar-refractivity contribution in [3.63, 3.8) is 0 Å². The average Bonchev–Trinajstić information content (AvgIpc) is 3.36. The molecule has 1 aliphatic heterocycles. The molecule has 200 valence electrons. The largest absolute Gasteiger partial charge is 0.393 e. The van der Waals surface area contributed by atoms with Crippen LogP contribution in [0.1, 0.15) is 36.9 Å². The van der Waals surface area contributed by atoms with Crippen LogP contribution in [0, 0.1) is 11.3 Å². The van der Waals surface area contributed by atoms with Crippen LogP contribution in [0.2, 0.25) is 0 Å². The molecule has 0 atom stereocenters. The first-order valence-corrected chi connectivity index (χ1v) is 14.1. The number of nitrogens with zero attached hydrogens (tertiary/aromatic N) is 6. The highest BCUT2D eigenvalue weighted by molar-refractivity contribution is 7.22. The highest BCUT2D eigenvalue weighted by Gasteiger charge is 2.21. The molecule has 2 fully saturated rings. The van der Waals surface area contributed by atoms with Crippen molar-refractivity contribution in [3.8, 4) is 17.2 Å². The Labute approximate surface area is 230 Å². The number of hydrogen-bond acceptors (Lipinski definition) is 11. The van der Waals surface area contributed by atoms with E-state index in [-0.39, 0.29) is 12.1 Å². The van der Waals surface area contributed by atoms with Crippen LogP contribution in [-0.4, -0.2) is 68.4 Å². The summed E-state index contributed by atoms with van der Waals surface area (Å²) in [5.41, 5.74) is 4.23. The molecule has 10 nitrogen and oxygen atoms in total. The highest BCUT2D eigenvalue weighted by atomic mass is 32.1. The smallest absolute Gasteiger partial charge is 0.225 e. The number of aromatic nitrogens is 4. The quantitative estimate of drug-likeness (QED) is 0.310. The van der Waals surface area contributed by atoms with Crippen LogP contribution in [0.15, 0.2) is 42.7 Å². The van der Waals surface area contributed by atoms with Crippen LogP contribution in [0.25, 0.3) is 21.3 Å². The van der Waals surface area contributed by atoms with E-state index >= 15 is 0 Å². The van der Waals surface area contributed by atoms with E-state index in [0.29, 0.717) is 17.3 Å². The number of morpholine rings is 1. The molecule has 4 aromatic rings. The predicted molar refractivity (Wildman–Crippen MR) is 151 cm³/mol. The van der Waals surface area contributed by atoms with Crippen molar-refractivity contribution in [3.05, 3.63) is 54.0 Å². The van der Waals surface area contributed by atoms with Gasteiger partial charge >= 0.3 is 0 Å². The van der Waals surface area contributed by atoms with Crippen LogP contribution in [0.5, 0.6) is 0 Å². The van der Waals surface area contributed by atoms with E-state index in [1.807, 2.05) is 24.3 Å². The number of hydrogen-bond donors (Lipinski definition) is 3. The number of pyridine rings is 1. The Morgan fingerprint density at radius 3 is 2.69 bits per heavy atom. The van der Waals surface area contributed by atoms with Crippen molar-refractivity contribution in [1.82, 2.24) is 24.8 Å². The van der Waals surface area contributed by atoms with E-state index in [1.165, 1.54) is 0 Å². The van der Waals surface area contributed by atoms with Gasteiger partial charge in [0.25, 0.3) is 0 Å². The van der Waals surface area contributed by atoms with Crippen molar-refractivity contribution in [2.75, 3.05) is 36.9 Å². The molecule has 3 aromatic heterocycles. The first-order valence-electron chi connectivity index (χ1n) is 13.3. The van der Waals surface area contributed by atoms with Crippen molar-refractivity contribution in [2.24, 2.45) is 0 Å². The van der Waals surface area contributed by atoms with Gasteiger partial charge in [-0.25, -0.2) is 9.97 Å². The monoisotopic (exact) mass is 542 g/mol. The number of rotatable bonds is 7. The lowest BCUT2D eigenvalue weighted by molar-refractivity contribution is 0.0336. The van der Waals surface area contributed by atoms with Crippen LogP contribution in [0.3, 0.4) is 0 Å². The van der Waals surface area contributed by atoms with Gasteiger partial charge in [-0.1, -0.05) is 17.4 Å². The maximum absolute atomic E-state index is 9.89. The third kappa shape index (κ3) is 6.32. The van der Waals surface area contributed by atoms with Gasteiger partial charge in [0, 0.05) is 49.7 Å². The van der Waals surface area contributed by atoms with Gasteiger partial charge in [-0.15, -0.1) is 0 Å². The second-order valence-corrected chi connectivity index (χ2v) is 11.0. The van der Waals surface area contributed by atoms with E-state index in [4.69, 9.17) is 19.7 Å². The van der Waals surface area contributed by atoms with Gasteiger partial charge < -0.3 is 20.5 Å². The van der Waals surface area contributed by atoms with Crippen molar-refractivity contribution in [2.45, 2.75) is 44.4 Å². The molecule has 1 saturated carbocycles. The third-order valence-electron chi connectivity index (χ3n) is 7.12. The summed E-state index contributed by atoms with van der Waals surface area (Å²) in [5, 5.41) is 26.8. The maximum Gasteiger partial charge on any atom is 0.225 e. The van der Waals surface area contributed by atoms with Crippen LogP contribution < -0.4 is 10.6 Å². The fourth-order valence-corrected chi connectivity index (χ4v) is 5.94. The number of nitrogens with one attached hydrogen (secondary N) is 2. The molecule has 0 radical (unpaired) electrons. The molecule has 0 unspecified atom stereocenters. The van der Waals surface area contributed by atoms with Gasteiger partial charge in [0.05, 0.1) is 40.8 Å². The molecule has 3 N–H and O–H groups in total. The van der Waals surface area contributed by atoms with Gasteiger partial charge in [0.1, 0.15) is 11.9 Å². The first kappa shape index (κ1) is 25.6. The lowest BCUT2D eigenvalue weighted by Crippen LogP contribution is -2.36. The Balaban J connectivity index is 1.25. The molecule has 1 saturated heterocycles. The Morgan fingerprint density at radius 1 is 1.03 bits per heavy atom. The Hall–Kier alpha value is -3.69. The number of thiazole rings is 1. The Kier molecular flexibility index (Phi) is 7.60. The zero-order valence-electron chi connectivity index (χ0n) is 21.5. The zero-order valence-corrected chi connectivity index (χ0v) is 22.3. The number of anilines is 3. The summed E-state index contributed by atoms with van der Waals surface area (Å²) >= 11 is 1.55. The second-order valence-electron chi connectivity index (χ2n) is 10.0. The lowest BCUT2D eigenvalue weighted by Gasteiger charge is -2.27. The van der Waals surface area contributed by atoms with E-state index in [9.17, 15) is 10.4 Å². The molecule has 4 heterocycles. The van der Waals surface area contributed by atoms with E-state index in [0.717, 1.165) is 90.7 Å². The van der Waals surface area contributed by atoms with Gasteiger partial charge in [-0.05, 0) is 49.4 Å². The number of nitriles is 1. The van der Waals surface area contributed by atoms with Crippen LogP contribution in [0.4, 0.5) is 16.9 Å². The average molecular weight is 543 g/mol. The molecule has 0 bridgehead atoms. The topological polar surface area (TPSA) is 132 Å². The van der Waals surface area contributed by atoms with Crippen LogP contribution >= 0.6 is 11.3 Å². The van der Waals surface area contributed by atoms with Gasteiger partial charge in [0.15, 0.2) is 5.13 Å². The minimum absolute atomic E-state index is 0.208. The molecule has 6 rings (SSSR count). The summed E-state index contributed by atoms with van der Waals surface area (Å²) in [4.78, 5) is 20.9. The van der Waals surface area contributed by atoms with Crippen molar-refractivity contribution < 1.29 is 9.84 Å². The lowest BCUT2D eigenvalue weighted by atomic mass is 9.93. The molecule has 11 heteroatoms.